The molecule has 1 aromatic heterocycles. The molecule has 0 aliphatic rings. The van der Waals surface area contributed by atoms with Crippen LogP contribution in [0, 0.1) is 0 Å². The number of furan rings is 1. The van der Waals surface area contributed by atoms with Crippen molar-refractivity contribution in [2.24, 2.45) is 0 Å². The van der Waals surface area contributed by atoms with Gasteiger partial charge >= 0.3 is 0 Å². The average molecular weight is 545 g/mol. The molecule has 0 N–H and O–H groups in total. The van der Waals surface area contributed by atoms with Gasteiger partial charge in [0, 0.05) is 10.8 Å². The summed E-state index contributed by atoms with van der Waals surface area (Å²) in [6, 6.07) is 53.2. The lowest BCUT2D eigenvalue weighted by molar-refractivity contribution is 0.669. The number of hydrogen-bond acceptors (Lipinski definition) is 1. The zero-order valence-corrected chi connectivity index (χ0v) is 23.3. The second-order valence-corrected chi connectivity index (χ2v) is 11.6. The van der Waals surface area contributed by atoms with E-state index in [-0.39, 0.29) is 0 Å². The minimum Gasteiger partial charge on any atom is -0.456 e. The third-order valence-corrected chi connectivity index (χ3v) is 9.38. The van der Waals surface area contributed by atoms with E-state index in [1.807, 2.05) is 0 Å². The molecule has 10 rings (SSSR count). The second kappa shape index (κ2) is 8.44. The molecule has 9 aromatic carbocycles. The van der Waals surface area contributed by atoms with Crippen molar-refractivity contribution in [1.82, 2.24) is 0 Å². The summed E-state index contributed by atoms with van der Waals surface area (Å²) in [5.74, 6) is 0. The summed E-state index contributed by atoms with van der Waals surface area (Å²) in [6.07, 6.45) is 0. The fourth-order valence-electron chi connectivity index (χ4n) is 7.57. The van der Waals surface area contributed by atoms with E-state index < -0.39 is 0 Å². The highest BCUT2D eigenvalue weighted by atomic mass is 16.3. The third kappa shape index (κ3) is 3.11. The van der Waals surface area contributed by atoms with Crippen molar-refractivity contribution >= 4 is 75.8 Å². The summed E-state index contributed by atoms with van der Waals surface area (Å²) in [6.45, 7) is 0. The Labute approximate surface area is 247 Å². The highest BCUT2D eigenvalue weighted by Crippen LogP contribution is 2.48. The molecular formula is C42H24O. The summed E-state index contributed by atoms with van der Waals surface area (Å²) in [4.78, 5) is 0. The van der Waals surface area contributed by atoms with Gasteiger partial charge in [0.15, 0.2) is 0 Å². The molecule has 1 heteroatoms. The largest absolute Gasteiger partial charge is 0.456 e. The summed E-state index contributed by atoms with van der Waals surface area (Å²) >= 11 is 0. The maximum atomic E-state index is 6.32. The van der Waals surface area contributed by atoms with E-state index in [4.69, 9.17) is 4.42 Å². The standard InChI is InChI=1S/C42H24O/c1-2-11-29-25(9-1)19-20-26-21-22-28(23-35(26)29)39-30-12-3-5-14-32(30)41(33-15-6-4-13-31(33)39)36-24-27-10-7-17-37-40(27)42-34(36)16-8-18-38(42)43-37/h1-24H. The molecule has 0 aliphatic heterocycles. The van der Waals surface area contributed by atoms with Crippen molar-refractivity contribution in [2.45, 2.75) is 0 Å². The third-order valence-electron chi connectivity index (χ3n) is 9.38. The van der Waals surface area contributed by atoms with Gasteiger partial charge in [-0.25, -0.2) is 0 Å². The fraction of sp³-hybridized carbons (Fsp3) is 0. The smallest absolute Gasteiger partial charge is 0.136 e. The van der Waals surface area contributed by atoms with Gasteiger partial charge in [0.2, 0.25) is 0 Å². The van der Waals surface area contributed by atoms with Gasteiger partial charge in [0.05, 0.1) is 0 Å². The van der Waals surface area contributed by atoms with Crippen LogP contribution >= 0.6 is 0 Å². The first-order chi connectivity index (χ1) is 21.3. The normalized spacial score (nSPS) is 12.2. The first-order valence-electron chi connectivity index (χ1n) is 14.9. The lowest BCUT2D eigenvalue weighted by Gasteiger charge is -2.19. The van der Waals surface area contributed by atoms with Crippen LogP contribution in [0.3, 0.4) is 0 Å². The van der Waals surface area contributed by atoms with Gasteiger partial charge < -0.3 is 4.42 Å². The van der Waals surface area contributed by atoms with Crippen LogP contribution in [0.15, 0.2) is 150 Å². The number of benzene rings is 9. The summed E-state index contributed by atoms with van der Waals surface area (Å²) in [5.41, 5.74) is 6.94. The Morgan fingerprint density at radius 3 is 1.60 bits per heavy atom. The Morgan fingerprint density at radius 2 is 0.860 bits per heavy atom. The van der Waals surface area contributed by atoms with Gasteiger partial charge in [-0.05, 0) is 100 Å². The maximum absolute atomic E-state index is 6.32. The maximum Gasteiger partial charge on any atom is 0.136 e. The lowest BCUT2D eigenvalue weighted by Crippen LogP contribution is -1.92. The van der Waals surface area contributed by atoms with E-state index in [9.17, 15) is 0 Å². The summed E-state index contributed by atoms with van der Waals surface area (Å²) in [7, 11) is 0. The Hall–Kier alpha value is -5.66. The van der Waals surface area contributed by atoms with Gasteiger partial charge in [-0.3, -0.25) is 0 Å². The van der Waals surface area contributed by atoms with Crippen molar-refractivity contribution < 1.29 is 4.42 Å². The first-order valence-corrected chi connectivity index (χ1v) is 14.9. The predicted molar refractivity (Wildman–Crippen MR) is 183 cm³/mol. The Balaban J connectivity index is 1.36. The Bertz CT molecular complexity index is 2670. The molecule has 0 aliphatic carbocycles. The molecule has 10 aromatic rings. The van der Waals surface area contributed by atoms with Crippen LogP contribution in [0.25, 0.3) is 98.1 Å². The van der Waals surface area contributed by atoms with Gasteiger partial charge in [-0.1, -0.05) is 121 Å². The molecule has 0 saturated carbocycles. The Kier molecular flexibility index (Phi) is 4.51. The fourth-order valence-corrected chi connectivity index (χ4v) is 7.57. The predicted octanol–water partition coefficient (Wildman–Crippen LogP) is 12.1. The zero-order chi connectivity index (χ0) is 28.1. The zero-order valence-electron chi connectivity index (χ0n) is 23.3. The quantitative estimate of drug-likeness (QED) is 0.156. The lowest BCUT2D eigenvalue weighted by atomic mass is 9.83. The van der Waals surface area contributed by atoms with Crippen LogP contribution in [-0.4, -0.2) is 0 Å². The van der Waals surface area contributed by atoms with Crippen molar-refractivity contribution in [3.05, 3.63) is 146 Å². The molecule has 1 heterocycles. The summed E-state index contributed by atoms with van der Waals surface area (Å²) < 4.78 is 6.32. The van der Waals surface area contributed by atoms with Gasteiger partial charge in [0.1, 0.15) is 11.2 Å². The summed E-state index contributed by atoms with van der Waals surface area (Å²) in [5, 5.41) is 15.0. The molecule has 43 heavy (non-hydrogen) atoms. The molecule has 0 bridgehead atoms. The SMILES string of the molecule is c1ccc2c(c1)ccc1ccc(-c3c4ccccc4c(-c4cc5cccc6oc7cccc4c7c56)c4ccccc34)cc12. The van der Waals surface area contributed by atoms with Crippen LogP contribution < -0.4 is 0 Å². The van der Waals surface area contributed by atoms with Crippen LogP contribution in [0.5, 0.6) is 0 Å². The molecule has 0 fully saturated rings. The molecule has 0 amide bonds. The molecular weight excluding hydrogens is 520 g/mol. The number of rotatable bonds is 2. The van der Waals surface area contributed by atoms with Crippen molar-refractivity contribution in [3.63, 3.8) is 0 Å². The van der Waals surface area contributed by atoms with E-state index in [0.29, 0.717) is 0 Å². The number of fused-ring (bicyclic) bond motifs is 5. The van der Waals surface area contributed by atoms with Crippen molar-refractivity contribution in [3.8, 4) is 22.3 Å². The van der Waals surface area contributed by atoms with Gasteiger partial charge in [-0.2, -0.15) is 0 Å². The van der Waals surface area contributed by atoms with E-state index >= 15 is 0 Å². The Morgan fingerprint density at radius 1 is 0.326 bits per heavy atom. The monoisotopic (exact) mass is 544 g/mol. The molecule has 0 radical (unpaired) electrons. The topological polar surface area (TPSA) is 13.1 Å². The van der Waals surface area contributed by atoms with Crippen LogP contribution in [-0.2, 0) is 0 Å². The highest BCUT2D eigenvalue weighted by Gasteiger charge is 2.21. The molecule has 198 valence electrons. The van der Waals surface area contributed by atoms with Gasteiger partial charge in [0.25, 0.3) is 0 Å². The van der Waals surface area contributed by atoms with Crippen molar-refractivity contribution in [1.29, 1.82) is 0 Å². The average Bonchev–Trinajstić information content (AvgIpc) is 3.46. The van der Waals surface area contributed by atoms with E-state index in [0.717, 1.165) is 11.2 Å². The first kappa shape index (κ1) is 23.0. The molecule has 0 atom stereocenters. The highest BCUT2D eigenvalue weighted by molar-refractivity contribution is 6.30. The second-order valence-electron chi connectivity index (χ2n) is 11.6. The van der Waals surface area contributed by atoms with Crippen molar-refractivity contribution in [2.75, 3.05) is 0 Å². The molecule has 0 saturated heterocycles. The van der Waals surface area contributed by atoms with Gasteiger partial charge in [-0.15, -0.1) is 0 Å². The van der Waals surface area contributed by atoms with E-state index in [1.54, 1.807) is 0 Å². The molecule has 1 nitrogen and oxygen atoms in total. The van der Waals surface area contributed by atoms with Crippen LogP contribution in [0.4, 0.5) is 0 Å². The van der Waals surface area contributed by atoms with E-state index in [2.05, 4.69) is 146 Å². The van der Waals surface area contributed by atoms with Crippen LogP contribution in [0.2, 0.25) is 0 Å². The minimum atomic E-state index is 0.944. The molecule has 0 unspecified atom stereocenters. The van der Waals surface area contributed by atoms with E-state index in [1.165, 1.54) is 86.9 Å². The minimum absolute atomic E-state index is 0.944. The molecule has 0 spiro atoms. The number of hydrogen-bond donors (Lipinski definition) is 0. The van der Waals surface area contributed by atoms with Crippen LogP contribution in [0.1, 0.15) is 0 Å².